The number of rotatable bonds is 5. The molecule has 1 aromatic heterocycles. The fourth-order valence-electron chi connectivity index (χ4n) is 1.51. The summed E-state index contributed by atoms with van der Waals surface area (Å²) < 4.78 is 5.28. The molecule has 5 nitrogen and oxygen atoms in total. The van der Waals surface area contributed by atoms with E-state index in [-0.39, 0.29) is 12.5 Å². The average molecular weight is 292 g/mol. The summed E-state index contributed by atoms with van der Waals surface area (Å²) in [5.74, 6) is 1.12. The lowest BCUT2D eigenvalue weighted by Crippen LogP contribution is -2.25. The first-order chi connectivity index (χ1) is 9.63. The summed E-state index contributed by atoms with van der Waals surface area (Å²) in [5, 5.41) is 7.36. The van der Waals surface area contributed by atoms with Gasteiger partial charge < -0.3 is 9.73 Å². The van der Waals surface area contributed by atoms with Crippen molar-refractivity contribution in [2.75, 3.05) is 11.9 Å². The smallest absolute Gasteiger partial charge is 0.259 e. The first kappa shape index (κ1) is 14.1. The number of hydrogen-bond donors (Lipinski definition) is 2. The third-order valence-electron chi connectivity index (χ3n) is 2.42. The summed E-state index contributed by atoms with van der Waals surface area (Å²) in [6.07, 6.45) is 1.45. The first-order valence-corrected chi connectivity index (χ1v) is 6.39. The zero-order valence-corrected chi connectivity index (χ0v) is 11.6. The van der Waals surface area contributed by atoms with E-state index in [1.54, 1.807) is 24.3 Å². The highest BCUT2D eigenvalue weighted by molar-refractivity contribution is 6.30. The van der Waals surface area contributed by atoms with E-state index in [0.29, 0.717) is 10.8 Å². The van der Waals surface area contributed by atoms with E-state index in [0.717, 1.165) is 11.4 Å². The zero-order valence-electron chi connectivity index (χ0n) is 10.9. The molecule has 2 rings (SSSR count). The van der Waals surface area contributed by atoms with Crippen LogP contribution in [0.2, 0.25) is 5.02 Å². The number of halogens is 1. The summed E-state index contributed by atoms with van der Waals surface area (Å²) >= 11 is 5.84. The summed E-state index contributed by atoms with van der Waals surface area (Å²) in [6, 6.07) is 10.7. The van der Waals surface area contributed by atoms with Gasteiger partial charge in [-0.25, -0.2) is 5.43 Å². The van der Waals surface area contributed by atoms with E-state index in [1.807, 2.05) is 19.1 Å². The summed E-state index contributed by atoms with van der Waals surface area (Å²) in [5.41, 5.74) is 3.18. The standard InChI is InChI=1S/C14H14ClN3O2/c1-10-5-6-13(20-10)8-17-18-14(19)9-16-12-4-2-3-11(15)7-12/h2-8,16H,9H2,1H3,(H,18,19)/b17-8+. The third kappa shape index (κ3) is 4.44. The Morgan fingerprint density at radius 1 is 1.40 bits per heavy atom. The van der Waals surface area contributed by atoms with E-state index in [1.165, 1.54) is 6.21 Å². The second kappa shape index (κ2) is 6.77. The maximum atomic E-state index is 11.5. The molecule has 0 fully saturated rings. The molecule has 0 spiro atoms. The largest absolute Gasteiger partial charge is 0.460 e. The summed E-state index contributed by atoms with van der Waals surface area (Å²) in [4.78, 5) is 11.5. The molecule has 20 heavy (non-hydrogen) atoms. The van der Waals surface area contributed by atoms with Crippen molar-refractivity contribution in [3.05, 3.63) is 52.9 Å². The van der Waals surface area contributed by atoms with Crippen molar-refractivity contribution in [1.29, 1.82) is 0 Å². The van der Waals surface area contributed by atoms with Crippen molar-refractivity contribution in [2.24, 2.45) is 5.10 Å². The van der Waals surface area contributed by atoms with Crippen LogP contribution >= 0.6 is 11.6 Å². The van der Waals surface area contributed by atoms with Crippen LogP contribution in [-0.2, 0) is 4.79 Å². The van der Waals surface area contributed by atoms with Crippen molar-refractivity contribution in [3.63, 3.8) is 0 Å². The fraction of sp³-hybridized carbons (Fsp3) is 0.143. The van der Waals surface area contributed by atoms with E-state index < -0.39 is 0 Å². The average Bonchev–Trinajstić information content (AvgIpc) is 2.82. The lowest BCUT2D eigenvalue weighted by Gasteiger charge is -2.05. The first-order valence-electron chi connectivity index (χ1n) is 6.01. The molecule has 1 aromatic carbocycles. The van der Waals surface area contributed by atoms with Gasteiger partial charge in [0.15, 0.2) is 0 Å². The Balaban J connectivity index is 1.77. The number of aryl methyl sites for hydroxylation is 1. The number of carbonyl (C=O) groups is 1. The van der Waals surface area contributed by atoms with Crippen LogP contribution in [0, 0.1) is 6.92 Å². The minimum absolute atomic E-state index is 0.106. The molecule has 0 aliphatic heterocycles. The Bertz CT molecular complexity index is 622. The highest BCUT2D eigenvalue weighted by Crippen LogP contribution is 2.14. The maximum Gasteiger partial charge on any atom is 0.259 e. The molecule has 0 atom stereocenters. The maximum absolute atomic E-state index is 11.5. The van der Waals surface area contributed by atoms with Crippen LogP contribution in [-0.4, -0.2) is 18.7 Å². The Labute approximate surface area is 121 Å². The van der Waals surface area contributed by atoms with Gasteiger partial charge in [0.2, 0.25) is 0 Å². The fourth-order valence-corrected chi connectivity index (χ4v) is 1.70. The van der Waals surface area contributed by atoms with Crippen LogP contribution in [0.15, 0.2) is 45.9 Å². The monoisotopic (exact) mass is 291 g/mol. The molecule has 2 N–H and O–H groups in total. The van der Waals surface area contributed by atoms with Crippen molar-refractivity contribution < 1.29 is 9.21 Å². The van der Waals surface area contributed by atoms with Gasteiger partial charge in [0.05, 0.1) is 12.8 Å². The number of hydrazone groups is 1. The molecule has 6 heteroatoms. The quantitative estimate of drug-likeness (QED) is 0.657. The van der Waals surface area contributed by atoms with E-state index in [4.69, 9.17) is 16.0 Å². The van der Waals surface area contributed by atoms with Crippen molar-refractivity contribution in [1.82, 2.24) is 5.43 Å². The molecule has 0 aliphatic carbocycles. The molecule has 0 bridgehead atoms. The Morgan fingerprint density at radius 2 is 2.25 bits per heavy atom. The number of hydrogen-bond acceptors (Lipinski definition) is 4. The van der Waals surface area contributed by atoms with Crippen LogP contribution in [0.25, 0.3) is 0 Å². The summed E-state index contributed by atoms with van der Waals surface area (Å²) in [6.45, 7) is 1.94. The number of nitrogens with zero attached hydrogens (tertiary/aromatic N) is 1. The number of amides is 1. The molecule has 0 radical (unpaired) electrons. The summed E-state index contributed by atoms with van der Waals surface area (Å²) in [7, 11) is 0. The lowest BCUT2D eigenvalue weighted by molar-refractivity contribution is -0.119. The van der Waals surface area contributed by atoms with Gasteiger partial charge in [0.1, 0.15) is 11.5 Å². The number of carbonyl (C=O) groups excluding carboxylic acids is 1. The predicted molar refractivity (Wildman–Crippen MR) is 79.1 cm³/mol. The zero-order chi connectivity index (χ0) is 14.4. The van der Waals surface area contributed by atoms with Gasteiger partial charge in [-0.3, -0.25) is 4.79 Å². The molecule has 2 aromatic rings. The van der Waals surface area contributed by atoms with Crippen LogP contribution in [0.5, 0.6) is 0 Å². The van der Waals surface area contributed by atoms with Crippen molar-refractivity contribution >= 4 is 29.4 Å². The number of furan rings is 1. The number of benzene rings is 1. The SMILES string of the molecule is Cc1ccc(/C=N/NC(=O)CNc2cccc(Cl)c2)o1. The van der Waals surface area contributed by atoms with E-state index in [9.17, 15) is 4.79 Å². The molecular weight excluding hydrogens is 278 g/mol. The molecule has 0 aliphatic rings. The van der Waals surface area contributed by atoms with Gasteiger partial charge >= 0.3 is 0 Å². The normalized spacial score (nSPS) is 10.7. The minimum Gasteiger partial charge on any atom is -0.460 e. The van der Waals surface area contributed by atoms with Gasteiger partial charge in [0, 0.05) is 10.7 Å². The molecule has 1 heterocycles. The topological polar surface area (TPSA) is 66.6 Å². The van der Waals surface area contributed by atoms with E-state index >= 15 is 0 Å². The number of nitrogens with one attached hydrogen (secondary N) is 2. The lowest BCUT2D eigenvalue weighted by atomic mass is 10.3. The second-order valence-electron chi connectivity index (χ2n) is 4.11. The molecular formula is C14H14ClN3O2. The molecule has 104 valence electrons. The Morgan fingerprint density at radius 3 is 2.95 bits per heavy atom. The highest BCUT2D eigenvalue weighted by atomic mass is 35.5. The van der Waals surface area contributed by atoms with Gasteiger partial charge in [-0.15, -0.1) is 0 Å². The van der Waals surface area contributed by atoms with Crippen LogP contribution in [0.1, 0.15) is 11.5 Å². The van der Waals surface area contributed by atoms with Crippen LogP contribution in [0.3, 0.4) is 0 Å². The predicted octanol–water partition coefficient (Wildman–Crippen LogP) is 2.80. The van der Waals surface area contributed by atoms with Gasteiger partial charge in [-0.1, -0.05) is 17.7 Å². The Hall–Kier alpha value is -2.27. The van der Waals surface area contributed by atoms with Crippen molar-refractivity contribution in [3.8, 4) is 0 Å². The minimum atomic E-state index is -0.260. The molecule has 0 unspecified atom stereocenters. The number of anilines is 1. The van der Waals surface area contributed by atoms with Crippen LogP contribution < -0.4 is 10.7 Å². The second-order valence-corrected chi connectivity index (χ2v) is 4.54. The van der Waals surface area contributed by atoms with Gasteiger partial charge in [-0.2, -0.15) is 5.10 Å². The van der Waals surface area contributed by atoms with Gasteiger partial charge in [-0.05, 0) is 37.3 Å². The molecule has 0 saturated heterocycles. The highest BCUT2D eigenvalue weighted by Gasteiger charge is 2.00. The molecule has 0 saturated carbocycles. The van der Waals surface area contributed by atoms with E-state index in [2.05, 4.69) is 15.8 Å². The van der Waals surface area contributed by atoms with Crippen LogP contribution in [0.4, 0.5) is 5.69 Å². The van der Waals surface area contributed by atoms with Crippen molar-refractivity contribution in [2.45, 2.75) is 6.92 Å². The third-order valence-corrected chi connectivity index (χ3v) is 2.65. The Kier molecular flexibility index (Phi) is 4.79. The molecule has 1 amide bonds. The van der Waals surface area contributed by atoms with Gasteiger partial charge in [0.25, 0.3) is 5.91 Å².